The number of nitrogens with zero attached hydrogens (tertiary/aromatic N) is 2. The molecule has 1 aliphatic heterocycles. The molecule has 0 amide bonds. The largest absolute Gasteiger partial charge is 0.494 e. The summed E-state index contributed by atoms with van der Waals surface area (Å²) in [7, 11) is -3.58. The maximum absolute atomic E-state index is 13.5. The van der Waals surface area contributed by atoms with Gasteiger partial charge in [0.1, 0.15) is 5.75 Å². The number of hydrogen-bond acceptors (Lipinski definition) is 4. The van der Waals surface area contributed by atoms with E-state index in [1.54, 1.807) is 30.3 Å². The van der Waals surface area contributed by atoms with Crippen LogP contribution in [0.3, 0.4) is 0 Å². The van der Waals surface area contributed by atoms with Crippen LogP contribution in [-0.4, -0.2) is 50.4 Å². The van der Waals surface area contributed by atoms with Crippen LogP contribution < -0.4 is 4.74 Å². The fraction of sp³-hybridized carbons (Fsp3) is 0.400. The molecule has 1 atom stereocenters. The molecular formula is C20H24F2N2O3S. The first-order valence-corrected chi connectivity index (χ1v) is 10.7. The van der Waals surface area contributed by atoms with Gasteiger partial charge in [-0.15, -0.1) is 0 Å². The third kappa shape index (κ3) is 4.34. The Morgan fingerprint density at radius 1 is 1.00 bits per heavy atom. The highest BCUT2D eigenvalue weighted by Crippen LogP contribution is 2.26. The lowest BCUT2D eigenvalue weighted by molar-refractivity contribution is 0.145. The van der Waals surface area contributed by atoms with Crippen molar-refractivity contribution in [3.05, 3.63) is 59.7 Å². The molecule has 0 saturated carbocycles. The summed E-state index contributed by atoms with van der Waals surface area (Å²) >= 11 is 0. The zero-order valence-electron chi connectivity index (χ0n) is 15.9. The maximum Gasteiger partial charge on any atom is 0.243 e. The number of ether oxygens (including phenoxy) is 1. The minimum atomic E-state index is -3.58. The highest BCUT2D eigenvalue weighted by Gasteiger charge is 2.30. The van der Waals surface area contributed by atoms with Gasteiger partial charge in [0.15, 0.2) is 11.6 Å². The van der Waals surface area contributed by atoms with Gasteiger partial charge in [-0.25, -0.2) is 17.2 Å². The highest BCUT2D eigenvalue weighted by atomic mass is 32.2. The smallest absolute Gasteiger partial charge is 0.243 e. The van der Waals surface area contributed by atoms with Crippen LogP contribution in [0.2, 0.25) is 0 Å². The van der Waals surface area contributed by atoms with E-state index in [9.17, 15) is 17.2 Å². The Bertz CT molecular complexity index is 912. The van der Waals surface area contributed by atoms with Gasteiger partial charge in [0.25, 0.3) is 0 Å². The SMILES string of the molecule is CCOc1ccc(S(=O)(=O)N2CCN(C(C)c3ccc(F)c(F)c3)CC2)cc1. The minimum Gasteiger partial charge on any atom is -0.494 e. The molecule has 0 aromatic heterocycles. The summed E-state index contributed by atoms with van der Waals surface area (Å²) in [6, 6.07) is 10.1. The summed E-state index contributed by atoms with van der Waals surface area (Å²) in [5.41, 5.74) is 0.668. The van der Waals surface area contributed by atoms with Gasteiger partial charge < -0.3 is 4.74 Å². The van der Waals surface area contributed by atoms with Gasteiger partial charge in [0.2, 0.25) is 10.0 Å². The molecule has 0 bridgehead atoms. The minimum absolute atomic E-state index is 0.134. The standard InChI is InChI=1S/C20H24F2N2O3S/c1-3-27-17-5-7-18(8-6-17)28(25,26)24-12-10-23(11-13-24)15(2)16-4-9-19(21)20(22)14-16/h4-9,14-15H,3,10-13H2,1-2H3. The van der Waals surface area contributed by atoms with E-state index in [0.717, 1.165) is 6.07 Å². The molecule has 1 unspecified atom stereocenters. The molecule has 0 N–H and O–H groups in total. The van der Waals surface area contributed by atoms with Crippen LogP contribution >= 0.6 is 0 Å². The first kappa shape index (κ1) is 20.7. The zero-order valence-corrected chi connectivity index (χ0v) is 16.8. The molecule has 5 nitrogen and oxygen atoms in total. The summed E-state index contributed by atoms with van der Waals surface area (Å²) in [6.45, 7) is 5.99. The third-order valence-electron chi connectivity index (χ3n) is 5.02. The predicted octanol–water partition coefficient (Wildman–Crippen LogP) is 3.43. The average Bonchev–Trinajstić information content (AvgIpc) is 2.70. The highest BCUT2D eigenvalue weighted by molar-refractivity contribution is 7.89. The van der Waals surface area contributed by atoms with Crippen molar-refractivity contribution in [2.75, 3.05) is 32.8 Å². The first-order chi connectivity index (χ1) is 13.3. The quantitative estimate of drug-likeness (QED) is 0.732. The summed E-state index contributed by atoms with van der Waals surface area (Å²) in [4.78, 5) is 2.30. The third-order valence-corrected chi connectivity index (χ3v) is 6.93. The van der Waals surface area contributed by atoms with Crippen LogP contribution in [0.25, 0.3) is 0 Å². The van der Waals surface area contributed by atoms with Crippen LogP contribution in [0.5, 0.6) is 5.75 Å². The molecular weight excluding hydrogens is 386 g/mol. The van der Waals surface area contributed by atoms with E-state index in [2.05, 4.69) is 4.90 Å². The van der Waals surface area contributed by atoms with Crippen molar-refractivity contribution in [1.29, 1.82) is 0 Å². The van der Waals surface area contributed by atoms with Crippen LogP contribution in [-0.2, 0) is 10.0 Å². The van der Waals surface area contributed by atoms with Crippen molar-refractivity contribution in [2.45, 2.75) is 24.8 Å². The van der Waals surface area contributed by atoms with Crippen LogP contribution in [0.1, 0.15) is 25.5 Å². The normalized spacial score (nSPS) is 17.4. The molecule has 1 aliphatic rings. The summed E-state index contributed by atoms with van der Waals surface area (Å²) in [6.07, 6.45) is 0. The Morgan fingerprint density at radius 3 is 2.21 bits per heavy atom. The molecule has 1 saturated heterocycles. The number of halogens is 2. The number of rotatable bonds is 6. The second-order valence-corrected chi connectivity index (χ2v) is 8.63. The van der Waals surface area contributed by atoms with Crippen molar-refractivity contribution >= 4 is 10.0 Å². The molecule has 2 aromatic rings. The van der Waals surface area contributed by atoms with E-state index in [4.69, 9.17) is 4.74 Å². The summed E-state index contributed by atoms with van der Waals surface area (Å²) in [5, 5.41) is 0. The van der Waals surface area contributed by atoms with E-state index < -0.39 is 21.7 Å². The molecule has 8 heteroatoms. The lowest BCUT2D eigenvalue weighted by Crippen LogP contribution is -2.49. The predicted molar refractivity (Wildman–Crippen MR) is 103 cm³/mol. The Kier molecular flexibility index (Phi) is 6.32. The van der Waals surface area contributed by atoms with Crippen LogP contribution in [0.4, 0.5) is 8.78 Å². The molecule has 0 spiro atoms. The van der Waals surface area contributed by atoms with E-state index in [-0.39, 0.29) is 10.9 Å². The molecule has 152 valence electrons. The van der Waals surface area contributed by atoms with Gasteiger partial charge in [-0.3, -0.25) is 4.90 Å². The van der Waals surface area contributed by atoms with Crippen molar-refractivity contribution in [3.8, 4) is 5.75 Å². The maximum atomic E-state index is 13.5. The fourth-order valence-corrected chi connectivity index (χ4v) is 4.76. The van der Waals surface area contributed by atoms with Crippen molar-refractivity contribution in [3.63, 3.8) is 0 Å². The molecule has 0 radical (unpaired) electrons. The summed E-state index contributed by atoms with van der Waals surface area (Å²) < 4.78 is 59.2. The van der Waals surface area contributed by atoms with E-state index in [1.165, 1.54) is 10.4 Å². The Hall–Kier alpha value is -2.03. The van der Waals surface area contributed by atoms with Crippen molar-refractivity contribution in [1.82, 2.24) is 9.21 Å². The molecule has 1 heterocycles. The monoisotopic (exact) mass is 410 g/mol. The molecule has 3 rings (SSSR count). The van der Waals surface area contributed by atoms with Gasteiger partial charge in [0, 0.05) is 32.2 Å². The Morgan fingerprint density at radius 2 is 1.64 bits per heavy atom. The second-order valence-electron chi connectivity index (χ2n) is 6.69. The molecule has 28 heavy (non-hydrogen) atoms. The number of piperazine rings is 1. The molecule has 1 fully saturated rings. The first-order valence-electron chi connectivity index (χ1n) is 9.25. The average molecular weight is 410 g/mol. The second kappa shape index (κ2) is 8.55. The van der Waals surface area contributed by atoms with Gasteiger partial charge >= 0.3 is 0 Å². The van der Waals surface area contributed by atoms with Gasteiger partial charge in [-0.05, 0) is 55.8 Å². The number of sulfonamides is 1. The van der Waals surface area contributed by atoms with E-state index in [0.29, 0.717) is 44.1 Å². The van der Waals surface area contributed by atoms with Crippen LogP contribution in [0.15, 0.2) is 47.4 Å². The Balaban J connectivity index is 1.66. The topological polar surface area (TPSA) is 49.9 Å². The van der Waals surface area contributed by atoms with Crippen LogP contribution in [0, 0.1) is 11.6 Å². The molecule has 0 aliphatic carbocycles. The van der Waals surface area contributed by atoms with E-state index >= 15 is 0 Å². The van der Waals surface area contributed by atoms with Gasteiger partial charge in [-0.1, -0.05) is 6.07 Å². The lowest BCUT2D eigenvalue weighted by atomic mass is 10.1. The Labute approximate surface area is 164 Å². The van der Waals surface area contributed by atoms with Gasteiger partial charge in [-0.2, -0.15) is 4.31 Å². The number of hydrogen-bond donors (Lipinski definition) is 0. The van der Waals surface area contributed by atoms with Crippen molar-refractivity contribution in [2.24, 2.45) is 0 Å². The summed E-state index contributed by atoms with van der Waals surface area (Å²) in [5.74, 6) is -1.12. The van der Waals surface area contributed by atoms with Crippen molar-refractivity contribution < 1.29 is 21.9 Å². The molecule has 2 aromatic carbocycles. The number of benzene rings is 2. The van der Waals surface area contributed by atoms with Gasteiger partial charge in [0.05, 0.1) is 11.5 Å². The lowest BCUT2D eigenvalue weighted by Gasteiger charge is -2.37. The fourth-order valence-electron chi connectivity index (χ4n) is 3.34. The van der Waals surface area contributed by atoms with E-state index in [1.807, 2.05) is 13.8 Å². The zero-order chi connectivity index (χ0) is 20.3.